The number of hydrogen-bond acceptors (Lipinski definition) is 6. The highest BCUT2D eigenvalue weighted by Crippen LogP contribution is 2.27. The van der Waals surface area contributed by atoms with Crippen molar-refractivity contribution in [3.05, 3.63) is 30.5 Å². The zero-order valence-electron chi connectivity index (χ0n) is 13.6. The third-order valence-corrected chi connectivity index (χ3v) is 3.11. The molecule has 2 aromatic rings. The van der Waals surface area contributed by atoms with E-state index in [2.05, 4.69) is 39.2 Å². The number of nitrogens with one attached hydrogen (secondary N) is 1. The van der Waals surface area contributed by atoms with Gasteiger partial charge in [-0.1, -0.05) is 12.1 Å². The number of anilines is 3. The minimum Gasteiger partial charge on any atom is -0.489 e. The average molecular weight is 301 g/mol. The lowest BCUT2D eigenvalue weighted by atomic mass is 10.3. The van der Waals surface area contributed by atoms with Crippen LogP contribution in [0.25, 0.3) is 0 Å². The average Bonchev–Trinajstić information content (AvgIpc) is 2.50. The fourth-order valence-corrected chi connectivity index (χ4v) is 2.06. The molecule has 1 heterocycles. The topological polar surface area (TPSA) is 63.2 Å². The molecule has 0 aliphatic carbocycles. The molecule has 22 heavy (non-hydrogen) atoms. The largest absolute Gasteiger partial charge is 0.489 e. The highest BCUT2D eigenvalue weighted by molar-refractivity contribution is 5.64. The summed E-state index contributed by atoms with van der Waals surface area (Å²) in [4.78, 5) is 6.57. The van der Waals surface area contributed by atoms with Gasteiger partial charge in [-0.15, -0.1) is 5.10 Å². The molecule has 6 heteroatoms. The first-order valence-corrected chi connectivity index (χ1v) is 7.61. The molecule has 1 aromatic carbocycles. The van der Waals surface area contributed by atoms with Crippen LogP contribution < -0.4 is 15.0 Å². The quantitative estimate of drug-likeness (QED) is 0.847. The van der Waals surface area contributed by atoms with Crippen LogP contribution in [-0.4, -0.2) is 34.4 Å². The molecule has 0 radical (unpaired) electrons. The molecule has 0 spiro atoms. The molecular formula is C16H23N5O. The van der Waals surface area contributed by atoms with Crippen LogP contribution in [0.5, 0.6) is 5.75 Å². The molecule has 0 aliphatic rings. The van der Waals surface area contributed by atoms with E-state index in [0.717, 1.165) is 24.5 Å². The molecule has 0 saturated heterocycles. The van der Waals surface area contributed by atoms with Crippen LogP contribution in [0.3, 0.4) is 0 Å². The molecule has 0 saturated carbocycles. The maximum absolute atomic E-state index is 5.80. The van der Waals surface area contributed by atoms with Crippen molar-refractivity contribution >= 4 is 17.5 Å². The number of nitrogens with zero attached hydrogens (tertiary/aromatic N) is 4. The number of ether oxygens (including phenoxy) is 1. The fourth-order valence-electron chi connectivity index (χ4n) is 2.06. The first-order valence-electron chi connectivity index (χ1n) is 7.61. The third-order valence-electron chi connectivity index (χ3n) is 3.11. The number of hydrogen-bond donors (Lipinski definition) is 1. The van der Waals surface area contributed by atoms with Gasteiger partial charge < -0.3 is 15.0 Å². The van der Waals surface area contributed by atoms with Crippen LogP contribution in [0.4, 0.5) is 17.5 Å². The monoisotopic (exact) mass is 301 g/mol. The molecule has 0 atom stereocenters. The second-order valence-electron chi connectivity index (χ2n) is 5.10. The van der Waals surface area contributed by atoms with Crippen molar-refractivity contribution in [2.75, 3.05) is 23.3 Å². The lowest BCUT2D eigenvalue weighted by Crippen LogP contribution is -2.24. The number of benzene rings is 1. The predicted octanol–water partition coefficient (Wildman–Crippen LogP) is 3.25. The van der Waals surface area contributed by atoms with E-state index in [1.165, 1.54) is 0 Å². The third kappa shape index (κ3) is 4.07. The fraction of sp³-hybridized carbons (Fsp3) is 0.438. The Hall–Kier alpha value is -2.37. The number of rotatable bonds is 7. The van der Waals surface area contributed by atoms with Crippen LogP contribution in [0, 0.1) is 0 Å². The standard InChI is InChI=1S/C16H23N5O/c1-5-21(6-2)16-19-15(11-17-20-16)18-13-9-7-8-10-14(13)22-12(3)4/h7-12H,5-6H2,1-4H3,(H,18,19,20). The molecule has 1 N–H and O–H groups in total. The summed E-state index contributed by atoms with van der Waals surface area (Å²) in [5.74, 6) is 2.06. The van der Waals surface area contributed by atoms with E-state index in [9.17, 15) is 0 Å². The molecule has 118 valence electrons. The van der Waals surface area contributed by atoms with Crippen LogP contribution in [0.15, 0.2) is 30.5 Å². The van der Waals surface area contributed by atoms with E-state index in [1.807, 2.05) is 38.1 Å². The summed E-state index contributed by atoms with van der Waals surface area (Å²) in [7, 11) is 0. The number of aromatic nitrogens is 3. The van der Waals surface area contributed by atoms with E-state index >= 15 is 0 Å². The van der Waals surface area contributed by atoms with Crippen molar-refractivity contribution < 1.29 is 4.74 Å². The highest BCUT2D eigenvalue weighted by atomic mass is 16.5. The van der Waals surface area contributed by atoms with Gasteiger partial charge in [0.15, 0.2) is 5.82 Å². The Kier molecular flexibility index (Phi) is 5.52. The highest BCUT2D eigenvalue weighted by Gasteiger charge is 2.09. The van der Waals surface area contributed by atoms with E-state index in [-0.39, 0.29) is 6.10 Å². The van der Waals surface area contributed by atoms with Crippen molar-refractivity contribution in [1.29, 1.82) is 0 Å². The molecule has 2 rings (SSSR count). The van der Waals surface area contributed by atoms with Gasteiger partial charge in [-0.3, -0.25) is 0 Å². The predicted molar refractivity (Wildman–Crippen MR) is 88.9 cm³/mol. The van der Waals surface area contributed by atoms with Crippen molar-refractivity contribution in [3.8, 4) is 5.75 Å². The van der Waals surface area contributed by atoms with E-state index in [1.54, 1.807) is 6.20 Å². The van der Waals surface area contributed by atoms with Gasteiger partial charge in [-0.2, -0.15) is 10.1 Å². The summed E-state index contributed by atoms with van der Waals surface area (Å²) in [5.41, 5.74) is 0.863. The van der Waals surface area contributed by atoms with Gasteiger partial charge >= 0.3 is 0 Å². The molecule has 0 amide bonds. The smallest absolute Gasteiger partial charge is 0.247 e. The normalized spacial score (nSPS) is 10.6. The van der Waals surface area contributed by atoms with Gasteiger partial charge in [0.25, 0.3) is 0 Å². The van der Waals surface area contributed by atoms with E-state index in [4.69, 9.17) is 4.74 Å². The summed E-state index contributed by atoms with van der Waals surface area (Å²) in [6.07, 6.45) is 1.72. The van der Waals surface area contributed by atoms with Gasteiger partial charge in [0, 0.05) is 13.1 Å². The van der Waals surface area contributed by atoms with Gasteiger partial charge in [0.05, 0.1) is 18.0 Å². The van der Waals surface area contributed by atoms with Crippen molar-refractivity contribution in [1.82, 2.24) is 15.2 Å². The zero-order valence-corrected chi connectivity index (χ0v) is 13.6. The van der Waals surface area contributed by atoms with Crippen molar-refractivity contribution in [2.45, 2.75) is 33.8 Å². The molecule has 6 nitrogen and oxygen atoms in total. The van der Waals surface area contributed by atoms with Crippen molar-refractivity contribution in [2.24, 2.45) is 0 Å². The Morgan fingerprint density at radius 3 is 2.59 bits per heavy atom. The first-order chi connectivity index (χ1) is 10.6. The Morgan fingerprint density at radius 2 is 1.91 bits per heavy atom. The number of para-hydroxylation sites is 2. The Balaban J connectivity index is 2.22. The molecule has 0 bridgehead atoms. The van der Waals surface area contributed by atoms with E-state index in [0.29, 0.717) is 11.8 Å². The Morgan fingerprint density at radius 1 is 1.18 bits per heavy atom. The Bertz CT molecular complexity index is 599. The van der Waals surface area contributed by atoms with Crippen molar-refractivity contribution in [3.63, 3.8) is 0 Å². The van der Waals surface area contributed by atoms with Crippen LogP contribution >= 0.6 is 0 Å². The molecule has 0 aliphatic heterocycles. The van der Waals surface area contributed by atoms with Gasteiger partial charge in [0.1, 0.15) is 5.75 Å². The van der Waals surface area contributed by atoms with Crippen LogP contribution in [0.2, 0.25) is 0 Å². The van der Waals surface area contributed by atoms with Gasteiger partial charge in [-0.25, -0.2) is 0 Å². The molecule has 1 aromatic heterocycles. The minimum atomic E-state index is 0.109. The summed E-state index contributed by atoms with van der Waals surface area (Å²) in [6, 6.07) is 7.79. The second-order valence-corrected chi connectivity index (χ2v) is 5.10. The lowest BCUT2D eigenvalue weighted by Gasteiger charge is -2.19. The summed E-state index contributed by atoms with van der Waals surface area (Å²) >= 11 is 0. The molecular weight excluding hydrogens is 278 g/mol. The summed E-state index contributed by atoms with van der Waals surface area (Å²) in [6.45, 7) is 9.82. The van der Waals surface area contributed by atoms with Crippen LogP contribution in [-0.2, 0) is 0 Å². The van der Waals surface area contributed by atoms with Gasteiger partial charge in [0.2, 0.25) is 5.95 Å². The van der Waals surface area contributed by atoms with E-state index < -0.39 is 0 Å². The summed E-state index contributed by atoms with van der Waals surface area (Å²) in [5, 5.41) is 11.4. The van der Waals surface area contributed by atoms with Gasteiger partial charge in [-0.05, 0) is 39.8 Å². The maximum Gasteiger partial charge on any atom is 0.247 e. The second kappa shape index (κ2) is 7.59. The maximum atomic E-state index is 5.80. The molecule has 0 fully saturated rings. The zero-order chi connectivity index (χ0) is 15.9. The van der Waals surface area contributed by atoms with Crippen LogP contribution in [0.1, 0.15) is 27.7 Å². The lowest BCUT2D eigenvalue weighted by molar-refractivity contribution is 0.244. The first kappa shape index (κ1) is 16.0. The molecule has 0 unspecified atom stereocenters. The minimum absolute atomic E-state index is 0.109. The SMILES string of the molecule is CCN(CC)c1nncc(Nc2ccccc2OC(C)C)n1. The Labute approximate surface area is 131 Å². The summed E-state index contributed by atoms with van der Waals surface area (Å²) < 4.78 is 5.80.